The Morgan fingerprint density at radius 3 is 1.88 bits per heavy atom. The van der Waals surface area contributed by atoms with Crippen LogP contribution >= 0.6 is 7.82 Å². The Labute approximate surface area is 111 Å². The molecule has 0 unspecified atom stereocenters. The highest BCUT2D eigenvalue weighted by atomic mass is 31.2. The monoisotopic (exact) mass is 256 g/mol. The average Bonchev–Trinajstić information content (AvgIpc) is 2.00. The molecular weight excluding hydrogens is 239 g/mol. The standard InChI is InChI=1S/C10H15O4P.Mg.2H/c1-10(2,3)8-4-6-9(7-5-8)14-15(11,12)13;;;/h4-7H,1-3H3,(H2,11,12,13);;;. The topological polar surface area (TPSA) is 66.8 Å². The van der Waals surface area contributed by atoms with Crippen LogP contribution in [-0.4, -0.2) is 32.8 Å². The molecule has 0 aliphatic carbocycles. The molecule has 4 nitrogen and oxygen atoms in total. The summed E-state index contributed by atoms with van der Waals surface area (Å²) in [4.78, 5) is 17.2. The lowest BCUT2D eigenvalue weighted by atomic mass is 9.87. The molecule has 2 N–H and O–H groups in total. The van der Waals surface area contributed by atoms with E-state index in [9.17, 15) is 4.57 Å². The third-order valence-electron chi connectivity index (χ3n) is 1.94. The van der Waals surface area contributed by atoms with Gasteiger partial charge in [0.2, 0.25) is 0 Å². The third-order valence-corrected chi connectivity index (χ3v) is 2.39. The Morgan fingerprint density at radius 1 is 1.12 bits per heavy atom. The van der Waals surface area contributed by atoms with E-state index in [1.165, 1.54) is 0 Å². The third kappa shape index (κ3) is 5.32. The van der Waals surface area contributed by atoms with Gasteiger partial charge in [0.15, 0.2) is 0 Å². The van der Waals surface area contributed by atoms with Gasteiger partial charge in [0.05, 0.1) is 0 Å². The lowest BCUT2D eigenvalue weighted by Crippen LogP contribution is -2.10. The highest BCUT2D eigenvalue weighted by Gasteiger charge is 2.17. The minimum absolute atomic E-state index is 0. The molecule has 0 radical (unpaired) electrons. The normalized spacial score (nSPS) is 11.8. The van der Waals surface area contributed by atoms with E-state index in [1.54, 1.807) is 24.3 Å². The first kappa shape index (κ1) is 15.9. The Kier molecular flexibility index (Phi) is 5.49. The van der Waals surface area contributed by atoms with Crippen molar-refractivity contribution in [2.24, 2.45) is 0 Å². The maximum absolute atomic E-state index is 10.6. The first-order chi connectivity index (χ1) is 6.68. The van der Waals surface area contributed by atoms with Crippen LogP contribution in [0.1, 0.15) is 26.3 Å². The van der Waals surface area contributed by atoms with E-state index in [0.29, 0.717) is 0 Å². The van der Waals surface area contributed by atoms with E-state index in [0.717, 1.165) is 5.56 Å². The van der Waals surface area contributed by atoms with Gasteiger partial charge in [-0.2, -0.15) is 0 Å². The molecule has 1 aromatic rings. The number of rotatable bonds is 2. The van der Waals surface area contributed by atoms with Gasteiger partial charge in [-0.25, -0.2) is 4.57 Å². The fraction of sp³-hybridized carbons (Fsp3) is 0.400. The molecule has 0 spiro atoms. The Hall–Kier alpha value is -0.0638. The molecule has 16 heavy (non-hydrogen) atoms. The van der Waals surface area contributed by atoms with Crippen LogP contribution in [0.5, 0.6) is 5.75 Å². The largest absolute Gasteiger partial charge is 0.524 e. The number of hydrogen-bond acceptors (Lipinski definition) is 2. The van der Waals surface area contributed by atoms with Crippen LogP contribution in [0.2, 0.25) is 0 Å². The van der Waals surface area contributed by atoms with Crippen molar-refractivity contribution in [2.45, 2.75) is 26.2 Å². The zero-order chi connectivity index (χ0) is 11.7. The first-order valence-corrected chi connectivity index (χ1v) is 6.07. The summed E-state index contributed by atoms with van der Waals surface area (Å²) in [6, 6.07) is 6.70. The Morgan fingerprint density at radius 2 is 1.56 bits per heavy atom. The maximum atomic E-state index is 10.6. The quantitative estimate of drug-likeness (QED) is 0.622. The molecule has 6 heteroatoms. The minimum Gasteiger partial charge on any atom is -0.404 e. The van der Waals surface area contributed by atoms with Crippen LogP contribution in [0.15, 0.2) is 24.3 Å². The van der Waals surface area contributed by atoms with Crippen molar-refractivity contribution >= 4 is 30.9 Å². The number of phosphoric ester groups is 1. The van der Waals surface area contributed by atoms with E-state index in [1.807, 2.05) is 0 Å². The number of hydrogen-bond donors (Lipinski definition) is 2. The van der Waals surface area contributed by atoms with Crippen molar-refractivity contribution in [3.05, 3.63) is 29.8 Å². The molecule has 0 atom stereocenters. The SMILES string of the molecule is CC(C)(C)c1ccc(OP(=O)(O)O)cc1.[MgH2]. The van der Waals surface area contributed by atoms with E-state index in [4.69, 9.17) is 9.79 Å². The van der Waals surface area contributed by atoms with Gasteiger partial charge in [-0.3, -0.25) is 9.79 Å². The zero-order valence-corrected chi connectivity index (χ0v) is 9.86. The lowest BCUT2D eigenvalue weighted by molar-refractivity contribution is 0.283. The zero-order valence-electron chi connectivity index (χ0n) is 8.97. The molecule has 0 heterocycles. The molecule has 0 bridgehead atoms. The second kappa shape index (κ2) is 5.51. The van der Waals surface area contributed by atoms with Crippen molar-refractivity contribution in [3.63, 3.8) is 0 Å². The van der Waals surface area contributed by atoms with Gasteiger partial charge in [0.1, 0.15) is 5.75 Å². The van der Waals surface area contributed by atoms with Gasteiger partial charge >= 0.3 is 30.9 Å². The molecule has 0 amide bonds. The number of phosphoric acid groups is 1. The molecule has 0 saturated heterocycles. The highest BCUT2D eigenvalue weighted by Crippen LogP contribution is 2.37. The van der Waals surface area contributed by atoms with Crippen LogP contribution in [0, 0.1) is 0 Å². The van der Waals surface area contributed by atoms with E-state index < -0.39 is 7.82 Å². The molecule has 0 aromatic heterocycles. The summed E-state index contributed by atoms with van der Waals surface area (Å²) in [5.41, 5.74) is 1.10. The molecule has 1 rings (SSSR count). The summed E-state index contributed by atoms with van der Waals surface area (Å²) in [6.45, 7) is 6.18. The summed E-state index contributed by atoms with van der Waals surface area (Å²) < 4.78 is 15.0. The maximum Gasteiger partial charge on any atom is 0.524 e. The average molecular weight is 257 g/mol. The molecule has 1 aromatic carbocycles. The first-order valence-electron chi connectivity index (χ1n) is 4.54. The summed E-state index contributed by atoms with van der Waals surface area (Å²) >= 11 is 0. The second-order valence-electron chi connectivity index (χ2n) is 4.36. The highest BCUT2D eigenvalue weighted by molar-refractivity contribution is 7.46. The van der Waals surface area contributed by atoms with Crippen molar-refractivity contribution < 1.29 is 18.9 Å². The van der Waals surface area contributed by atoms with Crippen molar-refractivity contribution in [1.29, 1.82) is 0 Å². The van der Waals surface area contributed by atoms with Crippen LogP contribution in [-0.2, 0) is 9.98 Å². The smallest absolute Gasteiger partial charge is 0.404 e. The predicted octanol–water partition coefficient (Wildman–Crippen LogP) is 1.54. The molecular formula is C10H17MgO4P. The molecule has 0 fully saturated rings. The van der Waals surface area contributed by atoms with Gasteiger partial charge in [-0.05, 0) is 23.1 Å². The van der Waals surface area contributed by atoms with Crippen molar-refractivity contribution in [2.75, 3.05) is 0 Å². The van der Waals surface area contributed by atoms with Gasteiger partial charge in [0.25, 0.3) is 0 Å². The summed E-state index contributed by atoms with van der Waals surface area (Å²) in [5, 5.41) is 0. The van der Waals surface area contributed by atoms with Crippen LogP contribution in [0.4, 0.5) is 0 Å². The van der Waals surface area contributed by atoms with E-state index in [-0.39, 0.29) is 34.2 Å². The van der Waals surface area contributed by atoms with E-state index >= 15 is 0 Å². The van der Waals surface area contributed by atoms with Crippen molar-refractivity contribution in [1.82, 2.24) is 0 Å². The molecule has 88 valence electrons. The molecule has 0 aliphatic rings. The summed E-state index contributed by atoms with van der Waals surface area (Å²) in [7, 11) is -4.44. The minimum atomic E-state index is -4.44. The van der Waals surface area contributed by atoms with Crippen LogP contribution in [0.3, 0.4) is 0 Å². The molecule has 0 saturated carbocycles. The van der Waals surface area contributed by atoms with Crippen LogP contribution < -0.4 is 4.52 Å². The lowest BCUT2D eigenvalue weighted by Gasteiger charge is -2.19. The van der Waals surface area contributed by atoms with Gasteiger partial charge in [-0.15, -0.1) is 0 Å². The van der Waals surface area contributed by atoms with Gasteiger partial charge in [0, 0.05) is 0 Å². The Balaban J connectivity index is 0.00000225. The second-order valence-corrected chi connectivity index (χ2v) is 5.52. The molecule has 0 aliphatic heterocycles. The van der Waals surface area contributed by atoms with Gasteiger partial charge in [-0.1, -0.05) is 32.9 Å². The Bertz CT molecular complexity index is 377. The summed E-state index contributed by atoms with van der Waals surface area (Å²) in [5.74, 6) is 0.177. The van der Waals surface area contributed by atoms with E-state index in [2.05, 4.69) is 25.3 Å². The number of benzene rings is 1. The fourth-order valence-corrected chi connectivity index (χ4v) is 1.55. The van der Waals surface area contributed by atoms with Crippen LogP contribution in [0.25, 0.3) is 0 Å². The predicted molar refractivity (Wildman–Crippen MR) is 66.4 cm³/mol. The fourth-order valence-electron chi connectivity index (χ4n) is 1.15. The van der Waals surface area contributed by atoms with Gasteiger partial charge < -0.3 is 4.52 Å². The summed E-state index contributed by atoms with van der Waals surface area (Å²) in [6.07, 6.45) is 0. The van der Waals surface area contributed by atoms with Crippen molar-refractivity contribution in [3.8, 4) is 5.75 Å².